The zero-order valence-electron chi connectivity index (χ0n) is 26.5. The van der Waals surface area contributed by atoms with Crippen LogP contribution in [-0.4, -0.2) is 71.6 Å². The molecule has 0 unspecified atom stereocenters. The van der Waals surface area contributed by atoms with Gasteiger partial charge in [-0.15, -0.1) is 0 Å². The average Bonchev–Trinajstić information content (AvgIpc) is 3.68. The van der Waals surface area contributed by atoms with Crippen LogP contribution in [0.1, 0.15) is 42.1 Å². The van der Waals surface area contributed by atoms with E-state index in [-0.39, 0.29) is 43.5 Å². The second-order valence-electron chi connectivity index (χ2n) is 12.4. The molecule has 48 heavy (non-hydrogen) atoms. The summed E-state index contributed by atoms with van der Waals surface area (Å²) in [6, 6.07) is 13.6. The molecule has 2 atom stereocenters. The Balaban J connectivity index is 1.16. The molecular weight excluding hydrogens is 661 g/mol. The summed E-state index contributed by atoms with van der Waals surface area (Å²) in [5.74, 6) is -1.77. The molecule has 0 spiro atoms. The van der Waals surface area contributed by atoms with Gasteiger partial charge in [0.2, 0.25) is 17.7 Å². The van der Waals surface area contributed by atoms with Crippen LogP contribution in [0.25, 0.3) is 33.6 Å². The van der Waals surface area contributed by atoms with E-state index in [1.165, 1.54) is 7.11 Å². The van der Waals surface area contributed by atoms with Crippen molar-refractivity contribution in [3.05, 3.63) is 75.5 Å². The first-order valence-corrected chi connectivity index (χ1v) is 16.6. The molecule has 0 bridgehead atoms. The van der Waals surface area contributed by atoms with Gasteiger partial charge in [0.25, 0.3) is 5.92 Å². The van der Waals surface area contributed by atoms with E-state index < -0.39 is 5.92 Å². The first kappa shape index (κ1) is 32.6. The van der Waals surface area contributed by atoms with Gasteiger partial charge in [-0.25, -0.2) is 18.7 Å². The number of hydrogen-bond donors (Lipinski definition) is 2. The number of hydrogen-bond acceptors (Lipinski definition) is 8. The summed E-state index contributed by atoms with van der Waals surface area (Å²) >= 11 is 14.2. The van der Waals surface area contributed by atoms with Gasteiger partial charge < -0.3 is 20.1 Å². The van der Waals surface area contributed by atoms with Crippen molar-refractivity contribution in [3.8, 4) is 45.4 Å². The number of rotatable bonds is 10. The molecule has 2 aromatic heterocycles. The highest BCUT2D eigenvalue weighted by Crippen LogP contribution is 2.44. The Bertz CT molecular complexity index is 1890. The van der Waals surface area contributed by atoms with Gasteiger partial charge >= 0.3 is 0 Å². The number of fused-ring (bicyclic) bond motifs is 1. The number of aromatic nitrogens is 3. The monoisotopic (exact) mass is 694 g/mol. The summed E-state index contributed by atoms with van der Waals surface area (Å²) in [4.78, 5) is 27.2. The third kappa shape index (κ3) is 6.32. The zero-order chi connectivity index (χ0) is 33.6. The number of aryl methyl sites for hydroxylation is 1. The minimum absolute atomic E-state index is 0.0774. The standard InChI is InChI=1S/C35H34Cl2F2N6O3/c1-47-33-28(16-45-17-35(38,39)18-45)41-15-27(44-33)24-8-4-6-22(32(24)37)21-5-3-7-23(31(21)36)26-13-19-9-11-25(30(19)34(43-26)48-2)40-14-20-10-12-29(46)42-20/h3-8,13,15,20,25,40H,9-12,14,16-18H2,1-2H3,(H,42,46)/t20-,25-/m0/s1. The second-order valence-corrected chi connectivity index (χ2v) is 13.2. The summed E-state index contributed by atoms with van der Waals surface area (Å²) in [5.41, 5.74) is 6.61. The maximum Gasteiger partial charge on any atom is 0.272 e. The van der Waals surface area contributed by atoms with Crippen molar-refractivity contribution in [2.45, 2.75) is 50.2 Å². The van der Waals surface area contributed by atoms with Crippen LogP contribution >= 0.6 is 23.2 Å². The summed E-state index contributed by atoms with van der Waals surface area (Å²) in [7, 11) is 3.09. The van der Waals surface area contributed by atoms with Crippen molar-refractivity contribution in [1.82, 2.24) is 30.5 Å². The highest BCUT2D eigenvalue weighted by molar-refractivity contribution is 6.39. The SMILES string of the molecule is COc1nc(-c2cccc(-c3cccc(-c4cc5c(c(OC)n4)[C@@H](NC[C@@H]4CCC(=O)N4)CC5)c3Cl)c2Cl)cnc1CN1CC(F)(F)C1. The number of nitrogens with one attached hydrogen (secondary N) is 2. The minimum Gasteiger partial charge on any atom is -0.481 e. The molecule has 2 aliphatic heterocycles. The number of likely N-dealkylation sites (tertiary alicyclic amines) is 1. The van der Waals surface area contributed by atoms with E-state index >= 15 is 0 Å². The van der Waals surface area contributed by atoms with Gasteiger partial charge in [-0.3, -0.25) is 14.7 Å². The zero-order valence-corrected chi connectivity index (χ0v) is 28.0. The molecule has 1 amide bonds. The highest BCUT2D eigenvalue weighted by Gasteiger charge is 2.44. The van der Waals surface area contributed by atoms with Crippen molar-refractivity contribution in [2.75, 3.05) is 33.9 Å². The predicted molar refractivity (Wildman–Crippen MR) is 180 cm³/mol. The van der Waals surface area contributed by atoms with Crippen molar-refractivity contribution in [3.63, 3.8) is 0 Å². The summed E-state index contributed by atoms with van der Waals surface area (Å²) in [6.07, 6.45) is 4.73. The number of carbonyl (C=O) groups is 1. The van der Waals surface area contributed by atoms with Gasteiger partial charge in [0.1, 0.15) is 5.69 Å². The first-order chi connectivity index (χ1) is 23.1. The Labute approximate surface area is 287 Å². The summed E-state index contributed by atoms with van der Waals surface area (Å²) in [5, 5.41) is 7.53. The lowest BCUT2D eigenvalue weighted by atomic mass is 9.97. The van der Waals surface area contributed by atoms with E-state index in [1.54, 1.807) is 18.2 Å². The maximum atomic E-state index is 13.4. The smallest absolute Gasteiger partial charge is 0.272 e. The molecular formula is C35H34Cl2F2N6O3. The second kappa shape index (κ2) is 13.2. The molecule has 1 aliphatic carbocycles. The minimum atomic E-state index is -2.67. The number of amides is 1. The molecule has 2 aromatic carbocycles. The maximum absolute atomic E-state index is 13.4. The van der Waals surface area contributed by atoms with Crippen LogP contribution in [0.15, 0.2) is 48.7 Å². The first-order valence-electron chi connectivity index (χ1n) is 15.8. The van der Waals surface area contributed by atoms with Crippen LogP contribution in [-0.2, 0) is 17.8 Å². The van der Waals surface area contributed by atoms with Gasteiger partial charge in [-0.1, -0.05) is 59.6 Å². The normalized spacial score (nSPS) is 19.9. The molecule has 9 nitrogen and oxygen atoms in total. The summed E-state index contributed by atoms with van der Waals surface area (Å²) in [6.45, 7) is 0.264. The third-order valence-electron chi connectivity index (χ3n) is 9.18. The Hall–Kier alpha value is -3.90. The van der Waals surface area contributed by atoms with Crippen molar-refractivity contribution >= 4 is 29.1 Å². The number of benzene rings is 2. The van der Waals surface area contributed by atoms with Gasteiger partial charge in [0, 0.05) is 59.4 Å². The van der Waals surface area contributed by atoms with Gasteiger partial charge in [-0.2, -0.15) is 0 Å². The number of methoxy groups -OCH3 is 2. The lowest BCUT2D eigenvalue weighted by Gasteiger charge is -2.38. The topological polar surface area (TPSA) is 102 Å². The molecule has 13 heteroatoms. The van der Waals surface area contributed by atoms with Gasteiger partial charge in [-0.05, 0) is 30.9 Å². The Morgan fingerprint density at radius 3 is 2.21 bits per heavy atom. The Morgan fingerprint density at radius 1 is 0.938 bits per heavy atom. The Kier molecular flexibility index (Phi) is 8.97. The van der Waals surface area contributed by atoms with E-state index in [0.29, 0.717) is 57.1 Å². The molecule has 4 heterocycles. The highest BCUT2D eigenvalue weighted by atomic mass is 35.5. The van der Waals surface area contributed by atoms with Gasteiger partial charge in [0.05, 0.1) is 54.9 Å². The van der Waals surface area contributed by atoms with Crippen LogP contribution < -0.4 is 20.1 Å². The van der Waals surface area contributed by atoms with E-state index in [0.717, 1.165) is 41.5 Å². The molecule has 4 aromatic rings. The third-order valence-corrected chi connectivity index (χ3v) is 9.99. The molecule has 7 rings (SSSR count). The fourth-order valence-corrected chi connectivity index (χ4v) is 7.47. The predicted octanol–water partition coefficient (Wildman–Crippen LogP) is 6.50. The van der Waals surface area contributed by atoms with Crippen LogP contribution in [0.3, 0.4) is 0 Å². The van der Waals surface area contributed by atoms with E-state index in [9.17, 15) is 13.6 Å². The Morgan fingerprint density at radius 2 is 1.58 bits per heavy atom. The average molecular weight is 696 g/mol. The quantitative estimate of drug-likeness (QED) is 0.194. The van der Waals surface area contributed by atoms with E-state index in [1.807, 2.05) is 36.4 Å². The van der Waals surface area contributed by atoms with Crippen LogP contribution in [0.5, 0.6) is 11.8 Å². The van der Waals surface area contributed by atoms with Crippen molar-refractivity contribution in [1.29, 1.82) is 0 Å². The summed E-state index contributed by atoms with van der Waals surface area (Å²) < 4.78 is 38.0. The van der Waals surface area contributed by atoms with Gasteiger partial charge in [0.15, 0.2) is 0 Å². The number of halogens is 4. The number of ether oxygens (including phenoxy) is 2. The molecule has 0 saturated carbocycles. The van der Waals surface area contributed by atoms with E-state index in [4.69, 9.17) is 37.7 Å². The number of nitrogens with zero attached hydrogens (tertiary/aromatic N) is 4. The molecule has 2 N–H and O–H groups in total. The van der Waals surface area contributed by atoms with Crippen molar-refractivity contribution in [2.24, 2.45) is 0 Å². The molecule has 3 aliphatic rings. The van der Waals surface area contributed by atoms with Crippen LogP contribution in [0, 0.1) is 0 Å². The molecule has 250 valence electrons. The molecule has 2 fully saturated rings. The lowest BCUT2D eigenvalue weighted by Crippen LogP contribution is -2.55. The van der Waals surface area contributed by atoms with Crippen LogP contribution in [0.4, 0.5) is 8.78 Å². The molecule has 0 radical (unpaired) electrons. The van der Waals surface area contributed by atoms with Crippen LogP contribution in [0.2, 0.25) is 10.0 Å². The number of alkyl halides is 2. The number of pyridine rings is 1. The fourth-order valence-electron chi connectivity index (χ4n) is 6.82. The largest absolute Gasteiger partial charge is 0.481 e. The number of carbonyl (C=O) groups excluding carboxylic acids is 1. The van der Waals surface area contributed by atoms with E-state index in [2.05, 4.69) is 26.7 Å². The van der Waals surface area contributed by atoms with Crippen molar-refractivity contribution < 1.29 is 23.0 Å². The fraction of sp³-hybridized carbons (Fsp3) is 0.371. The molecule has 2 saturated heterocycles. The lowest BCUT2D eigenvalue weighted by molar-refractivity contribution is -0.134.